The minimum Gasteiger partial charge on any atom is -0.465 e. The van der Waals surface area contributed by atoms with Crippen LogP contribution in [-0.4, -0.2) is 29.5 Å². The smallest absolute Gasteiger partial charge is 0.340 e. The van der Waals surface area contributed by atoms with Gasteiger partial charge in [0.25, 0.3) is 5.91 Å². The molecule has 0 radical (unpaired) electrons. The van der Waals surface area contributed by atoms with E-state index < -0.39 is 17.8 Å². The number of hydrogen-bond acceptors (Lipinski definition) is 5. The molecule has 2 N–H and O–H groups in total. The number of furan rings is 1. The molecule has 0 saturated carbocycles. The molecule has 0 saturated heterocycles. The summed E-state index contributed by atoms with van der Waals surface area (Å²) in [5.41, 5.74) is 5.63. The van der Waals surface area contributed by atoms with E-state index in [0.717, 1.165) is 0 Å². The number of fused-ring (bicyclic) bond motifs is 1. The molecule has 0 aliphatic heterocycles. The van der Waals surface area contributed by atoms with E-state index in [4.69, 9.17) is 9.15 Å². The number of carbonyl (C=O) groups excluding carboxylic acids is 3. The Hall–Kier alpha value is -3.55. The predicted octanol–water partition coefficient (Wildman–Crippen LogP) is 1.48. The highest BCUT2D eigenvalue weighted by atomic mass is 16.5. The summed E-state index contributed by atoms with van der Waals surface area (Å²) in [7, 11) is 1.30. The second kappa shape index (κ2) is 6.91. The molecule has 8 nitrogen and oxygen atoms in total. The first-order valence-corrected chi connectivity index (χ1v) is 7.39. The number of nitrogens with one attached hydrogen (secondary N) is 2. The number of ether oxygens (including phenoxy) is 1. The minimum atomic E-state index is -0.564. The monoisotopic (exact) mass is 341 g/mol. The highest BCUT2D eigenvalue weighted by Gasteiger charge is 2.17. The molecule has 0 aliphatic rings. The van der Waals surface area contributed by atoms with Gasteiger partial charge in [-0.25, -0.2) is 4.79 Å². The van der Waals surface area contributed by atoms with Gasteiger partial charge in [-0.3, -0.25) is 20.4 Å². The molecule has 0 unspecified atom stereocenters. The van der Waals surface area contributed by atoms with Crippen LogP contribution >= 0.6 is 0 Å². The van der Waals surface area contributed by atoms with E-state index in [1.54, 1.807) is 41.1 Å². The van der Waals surface area contributed by atoms with Crippen LogP contribution < -0.4 is 10.9 Å². The number of methoxy groups -OCH3 is 1. The van der Waals surface area contributed by atoms with Gasteiger partial charge in [-0.05, 0) is 18.2 Å². The van der Waals surface area contributed by atoms with Crippen LogP contribution in [0.4, 0.5) is 0 Å². The van der Waals surface area contributed by atoms with E-state index >= 15 is 0 Å². The van der Waals surface area contributed by atoms with E-state index in [9.17, 15) is 14.4 Å². The maximum absolute atomic E-state index is 12.1. The Morgan fingerprint density at radius 2 is 1.92 bits per heavy atom. The van der Waals surface area contributed by atoms with E-state index in [1.165, 1.54) is 19.4 Å². The number of nitrogens with zero attached hydrogens (tertiary/aromatic N) is 1. The molecule has 25 heavy (non-hydrogen) atoms. The number of benzene rings is 1. The fourth-order valence-electron chi connectivity index (χ4n) is 2.44. The van der Waals surface area contributed by atoms with Crippen LogP contribution in [0.25, 0.3) is 10.9 Å². The van der Waals surface area contributed by atoms with Crippen LogP contribution in [0.1, 0.15) is 20.9 Å². The van der Waals surface area contributed by atoms with Crippen molar-refractivity contribution in [2.75, 3.05) is 7.11 Å². The van der Waals surface area contributed by atoms with Crippen molar-refractivity contribution in [1.29, 1.82) is 0 Å². The zero-order chi connectivity index (χ0) is 17.8. The summed E-state index contributed by atoms with van der Waals surface area (Å²) in [5, 5.41) is 0.682. The van der Waals surface area contributed by atoms with Gasteiger partial charge in [0.05, 0.1) is 18.9 Å². The molecule has 8 heteroatoms. The molecular weight excluding hydrogens is 326 g/mol. The molecule has 0 atom stereocenters. The fraction of sp³-hybridized carbons (Fsp3) is 0.118. The molecule has 0 aliphatic carbocycles. The Morgan fingerprint density at radius 3 is 2.64 bits per heavy atom. The van der Waals surface area contributed by atoms with Crippen molar-refractivity contribution < 1.29 is 23.5 Å². The molecule has 2 heterocycles. The van der Waals surface area contributed by atoms with Gasteiger partial charge in [0.2, 0.25) is 0 Å². The van der Waals surface area contributed by atoms with E-state index in [2.05, 4.69) is 10.9 Å². The van der Waals surface area contributed by atoms with Crippen molar-refractivity contribution in [2.24, 2.45) is 0 Å². The number of esters is 1. The maximum Gasteiger partial charge on any atom is 0.340 e. The van der Waals surface area contributed by atoms with Gasteiger partial charge >= 0.3 is 11.9 Å². The zero-order valence-electron chi connectivity index (χ0n) is 13.3. The van der Waals surface area contributed by atoms with Crippen LogP contribution in [0.2, 0.25) is 0 Å². The minimum absolute atomic E-state index is 0.0830. The Morgan fingerprint density at radius 1 is 1.12 bits per heavy atom. The molecule has 0 spiro atoms. The van der Waals surface area contributed by atoms with Crippen molar-refractivity contribution in [2.45, 2.75) is 6.54 Å². The lowest BCUT2D eigenvalue weighted by Crippen LogP contribution is -2.43. The Kier molecular flexibility index (Phi) is 4.51. The van der Waals surface area contributed by atoms with Crippen LogP contribution in [0.5, 0.6) is 0 Å². The average Bonchev–Trinajstić information content (AvgIpc) is 3.28. The first kappa shape index (κ1) is 16.3. The van der Waals surface area contributed by atoms with Crippen LogP contribution in [0, 0.1) is 0 Å². The maximum atomic E-state index is 12.1. The summed E-state index contributed by atoms with van der Waals surface area (Å²) in [6.45, 7) is -0.0874. The van der Waals surface area contributed by atoms with Crippen LogP contribution in [0.15, 0.2) is 53.3 Å². The molecule has 1 aromatic carbocycles. The molecule has 2 aromatic heterocycles. The van der Waals surface area contributed by atoms with Crippen molar-refractivity contribution in [3.63, 3.8) is 0 Å². The van der Waals surface area contributed by atoms with E-state index in [1.807, 2.05) is 0 Å². The number of amides is 2. The summed E-state index contributed by atoms with van der Waals surface area (Å²) < 4.78 is 11.3. The number of carbonyl (C=O) groups is 3. The highest BCUT2D eigenvalue weighted by molar-refractivity contribution is 6.04. The van der Waals surface area contributed by atoms with Gasteiger partial charge in [0.15, 0.2) is 5.76 Å². The Bertz CT molecular complexity index is 927. The number of rotatable bonds is 4. The standard InChI is InChI=1S/C17H15N3O5/c1-24-17(23)12-9-20(13-6-3-2-5-11(12)13)10-15(21)18-19-16(22)14-7-4-8-25-14/h2-9H,10H2,1H3,(H,18,21)(H,19,22). The second-order valence-electron chi connectivity index (χ2n) is 5.16. The number of hydrazine groups is 1. The third kappa shape index (κ3) is 3.37. The number of para-hydroxylation sites is 1. The SMILES string of the molecule is COC(=O)c1cn(CC(=O)NNC(=O)c2ccco2)c2ccccc12. The average molecular weight is 341 g/mol. The summed E-state index contributed by atoms with van der Waals surface area (Å²) in [4.78, 5) is 35.7. The summed E-state index contributed by atoms with van der Waals surface area (Å²) in [6, 6.07) is 10.2. The Labute approximate surface area is 142 Å². The van der Waals surface area contributed by atoms with Crippen molar-refractivity contribution in [3.8, 4) is 0 Å². The fourth-order valence-corrected chi connectivity index (χ4v) is 2.44. The third-order valence-electron chi connectivity index (χ3n) is 3.57. The first-order valence-electron chi connectivity index (χ1n) is 7.39. The predicted molar refractivity (Wildman–Crippen MR) is 87.6 cm³/mol. The second-order valence-corrected chi connectivity index (χ2v) is 5.16. The molecular formula is C17H15N3O5. The molecule has 128 valence electrons. The lowest BCUT2D eigenvalue weighted by atomic mass is 10.2. The lowest BCUT2D eigenvalue weighted by molar-refractivity contribution is -0.122. The topological polar surface area (TPSA) is 103 Å². The van der Waals surface area contributed by atoms with Crippen molar-refractivity contribution in [3.05, 3.63) is 60.2 Å². The molecule has 3 aromatic rings. The molecule has 0 fully saturated rings. The molecule has 3 rings (SSSR count). The van der Waals surface area contributed by atoms with Gasteiger partial charge in [-0.1, -0.05) is 18.2 Å². The summed E-state index contributed by atoms with van der Waals surface area (Å²) in [5.74, 6) is -1.43. The summed E-state index contributed by atoms with van der Waals surface area (Å²) in [6.07, 6.45) is 2.90. The van der Waals surface area contributed by atoms with Crippen LogP contribution in [-0.2, 0) is 16.1 Å². The van der Waals surface area contributed by atoms with Gasteiger partial charge in [-0.15, -0.1) is 0 Å². The highest BCUT2D eigenvalue weighted by Crippen LogP contribution is 2.21. The third-order valence-corrected chi connectivity index (χ3v) is 3.57. The van der Waals surface area contributed by atoms with Crippen molar-refractivity contribution >= 4 is 28.7 Å². The van der Waals surface area contributed by atoms with Gasteiger partial charge in [-0.2, -0.15) is 0 Å². The Balaban J connectivity index is 1.73. The van der Waals surface area contributed by atoms with Crippen molar-refractivity contribution in [1.82, 2.24) is 15.4 Å². The summed E-state index contributed by atoms with van der Waals surface area (Å²) >= 11 is 0. The quantitative estimate of drug-likeness (QED) is 0.553. The van der Waals surface area contributed by atoms with Gasteiger partial charge < -0.3 is 13.7 Å². The number of hydrogen-bond donors (Lipinski definition) is 2. The largest absolute Gasteiger partial charge is 0.465 e. The molecule has 0 bridgehead atoms. The van der Waals surface area contributed by atoms with Gasteiger partial charge in [0.1, 0.15) is 6.54 Å². The van der Waals surface area contributed by atoms with Crippen LogP contribution in [0.3, 0.4) is 0 Å². The van der Waals surface area contributed by atoms with E-state index in [-0.39, 0.29) is 12.3 Å². The first-order chi connectivity index (χ1) is 12.1. The normalized spacial score (nSPS) is 10.4. The van der Waals surface area contributed by atoms with Gasteiger partial charge in [0, 0.05) is 17.1 Å². The van der Waals surface area contributed by atoms with E-state index in [0.29, 0.717) is 16.5 Å². The number of aromatic nitrogens is 1. The zero-order valence-corrected chi connectivity index (χ0v) is 13.3. The lowest BCUT2D eigenvalue weighted by Gasteiger charge is -2.07. The molecule has 2 amide bonds.